The van der Waals surface area contributed by atoms with E-state index in [1.807, 2.05) is 0 Å². The number of carbonyl (C=O) groups excluding carboxylic acids is 2. The van der Waals surface area contributed by atoms with Crippen molar-refractivity contribution in [3.05, 3.63) is 0 Å². The Morgan fingerprint density at radius 3 is 2.50 bits per heavy atom. The maximum absolute atomic E-state index is 11.6. The first-order valence-electron chi connectivity index (χ1n) is 4.67. The van der Waals surface area contributed by atoms with E-state index in [1.54, 1.807) is 0 Å². The van der Waals surface area contributed by atoms with Gasteiger partial charge in [-0.1, -0.05) is 0 Å². The summed E-state index contributed by atoms with van der Waals surface area (Å²) in [5, 5.41) is 9.50. The zero-order valence-electron chi connectivity index (χ0n) is 8.49. The van der Waals surface area contributed by atoms with Crippen LogP contribution < -0.4 is 5.73 Å². The van der Waals surface area contributed by atoms with Crippen molar-refractivity contribution in [3.8, 4) is 0 Å². The summed E-state index contributed by atoms with van der Waals surface area (Å²) < 4.78 is 0. The molecule has 1 fully saturated rings. The standard InChI is InChI=1S/C9H16N2O3/c1-9(2,14)8(13)11-5-3-4-6(11)7(10)12/h6,14H,3-5H2,1-2H3,(H2,10,12). The second-order valence-corrected chi connectivity index (χ2v) is 4.12. The van der Waals surface area contributed by atoms with Crippen LogP contribution in [-0.2, 0) is 9.59 Å². The molecule has 0 spiro atoms. The minimum Gasteiger partial charge on any atom is -0.381 e. The summed E-state index contributed by atoms with van der Waals surface area (Å²) in [7, 11) is 0. The van der Waals surface area contributed by atoms with Crippen molar-refractivity contribution in [3.63, 3.8) is 0 Å². The van der Waals surface area contributed by atoms with Gasteiger partial charge in [0.2, 0.25) is 5.91 Å². The lowest BCUT2D eigenvalue weighted by Gasteiger charge is -2.28. The second-order valence-electron chi connectivity index (χ2n) is 4.12. The van der Waals surface area contributed by atoms with Gasteiger partial charge in [-0.05, 0) is 26.7 Å². The zero-order chi connectivity index (χ0) is 10.9. The predicted molar refractivity (Wildman–Crippen MR) is 50.2 cm³/mol. The smallest absolute Gasteiger partial charge is 0.254 e. The van der Waals surface area contributed by atoms with E-state index in [2.05, 4.69) is 0 Å². The normalized spacial score (nSPS) is 22.5. The molecule has 14 heavy (non-hydrogen) atoms. The predicted octanol–water partition coefficient (Wildman–Crippen LogP) is -0.766. The van der Waals surface area contributed by atoms with Gasteiger partial charge >= 0.3 is 0 Å². The maximum atomic E-state index is 11.6. The van der Waals surface area contributed by atoms with E-state index in [0.717, 1.165) is 6.42 Å². The fraction of sp³-hybridized carbons (Fsp3) is 0.778. The molecule has 0 aromatic rings. The monoisotopic (exact) mass is 200 g/mol. The largest absolute Gasteiger partial charge is 0.381 e. The number of hydrogen-bond acceptors (Lipinski definition) is 3. The highest BCUT2D eigenvalue weighted by Crippen LogP contribution is 2.20. The number of hydrogen-bond donors (Lipinski definition) is 2. The van der Waals surface area contributed by atoms with Crippen LogP contribution in [0.4, 0.5) is 0 Å². The van der Waals surface area contributed by atoms with Gasteiger partial charge in [0.05, 0.1) is 0 Å². The molecular weight excluding hydrogens is 184 g/mol. The van der Waals surface area contributed by atoms with Crippen LogP contribution in [0.1, 0.15) is 26.7 Å². The van der Waals surface area contributed by atoms with Crippen molar-refractivity contribution >= 4 is 11.8 Å². The molecule has 0 aromatic carbocycles. The number of likely N-dealkylation sites (tertiary alicyclic amines) is 1. The van der Waals surface area contributed by atoms with E-state index >= 15 is 0 Å². The molecular formula is C9H16N2O3. The van der Waals surface area contributed by atoms with Crippen molar-refractivity contribution in [2.24, 2.45) is 5.73 Å². The van der Waals surface area contributed by atoms with E-state index in [0.29, 0.717) is 13.0 Å². The maximum Gasteiger partial charge on any atom is 0.254 e. The number of primary amides is 1. The Hall–Kier alpha value is -1.10. The molecule has 0 aliphatic carbocycles. The Balaban J connectivity index is 2.77. The Bertz CT molecular complexity index is 257. The number of rotatable bonds is 2. The molecule has 80 valence electrons. The van der Waals surface area contributed by atoms with Gasteiger partial charge in [0.1, 0.15) is 11.6 Å². The highest BCUT2D eigenvalue weighted by Gasteiger charge is 2.38. The van der Waals surface area contributed by atoms with Gasteiger partial charge in [-0.2, -0.15) is 0 Å². The quantitative estimate of drug-likeness (QED) is 0.614. The highest BCUT2D eigenvalue weighted by molar-refractivity contribution is 5.90. The molecule has 1 heterocycles. The first-order valence-corrected chi connectivity index (χ1v) is 4.67. The first-order chi connectivity index (χ1) is 6.34. The van der Waals surface area contributed by atoms with Gasteiger partial charge in [0, 0.05) is 6.54 Å². The molecule has 1 aliphatic heterocycles. The topological polar surface area (TPSA) is 83.6 Å². The summed E-state index contributed by atoms with van der Waals surface area (Å²) in [6.07, 6.45) is 1.35. The third-order valence-electron chi connectivity index (χ3n) is 2.37. The Kier molecular flexibility index (Phi) is 2.80. The Morgan fingerprint density at radius 2 is 2.07 bits per heavy atom. The fourth-order valence-electron chi connectivity index (χ4n) is 1.66. The van der Waals surface area contributed by atoms with Crippen LogP contribution in [0.3, 0.4) is 0 Å². The molecule has 5 heteroatoms. The summed E-state index contributed by atoms with van der Waals surface area (Å²) in [6, 6.07) is -0.547. The van der Waals surface area contributed by atoms with Crippen molar-refractivity contribution in [2.45, 2.75) is 38.3 Å². The number of nitrogens with zero attached hydrogens (tertiary/aromatic N) is 1. The molecule has 5 nitrogen and oxygen atoms in total. The highest BCUT2D eigenvalue weighted by atomic mass is 16.3. The van der Waals surface area contributed by atoms with Crippen LogP contribution in [0.5, 0.6) is 0 Å². The molecule has 0 bridgehead atoms. The third-order valence-corrected chi connectivity index (χ3v) is 2.37. The summed E-state index contributed by atoms with van der Waals surface area (Å²) in [4.78, 5) is 24.0. The lowest BCUT2D eigenvalue weighted by molar-refractivity contribution is -0.151. The van der Waals surface area contributed by atoms with Crippen LogP contribution in [0, 0.1) is 0 Å². The van der Waals surface area contributed by atoms with Crippen LogP contribution in [-0.4, -0.2) is 40.0 Å². The van der Waals surface area contributed by atoms with Crippen LogP contribution in [0.15, 0.2) is 0 Å². The molecule has 0 aromatic heterocycles. The molecule has 1 rings (SSSR count). The third kappa shape index (κ3) is 2.04. The molecule has 2 amide bonds. The van der Waals surface area contributed by atoms with Crippen LogP contribution in [0.2, 0.25) is 0 Å². The average molecular weight is 200 g/mol. The second kappa shape index (κ2) is 3.57. The molecule has 0 saturated carbocycles. The van der Waals surface area contributed by atoms with Gasteiger partial charge < -0.3 is 15.7 Å². The van der Waals surface area contributed by atoms with E-state index in [1.165, 1.54) is 18.7 Å². The summed E-state index contributed by atoms with van der Waals surface area (Å²) in [5.41, 5.74) is 3.72. The molecule has 0 radical (unpaired) electrons. The average Bonchev–Trinajstić information content (AvgIpc) is 2.48. The minimum atomic E-state index is -1.43. The van der Waals surface area contributed by atoms with Crippen molar-refractivity contribution in [2.75, 3.05) is 6.54 Å². The van der Waals surface area contributed by atoms with Gasteiger partial charge in [0.15, 0.2) is 0 Å². The minimum absolute atomic E-state index is 0.432. The number of carbonyl (C=O) groups is 2. The SMILES string of the molecule is CC(C)(O)C(=O)N1CCCC1C(N)=O. The molecule has 1 aliphatic rings. The van der Waals surface area contributed by atoms with Crippen LogP contribution in [0.25, 0.3) is 0 Å². The molecule has 1 unspecified atom stereocenters. The molecule has 1 atom stereocenters. The lowest BCUT2D eigenvalue weighted by Crippen LogP contribution is -2.51. The van der Waals surface area contributed by atoms with Gasteiger partial charge in [-0.25, -0.2) is 0 Å². The molecule has 1 saturated heterocycles. The summed E-state index contributed by atoms with van der Waals surface area (Å²) in [6.45, 7) is 3.31. The Morgan fingerprint density at radius 1 is 1.50 bits per heavy atom. The fourth-order valence-corrected chi connectivity index (χ4v) is 1.66. The zero-order valence-corrected chi connectivity index (χ0v) is 8.49. The van der Waals surface area contributed by atoms with Gasteiger partial charge in [-0.15, -0.1) is 0 Å². The number of nitrogens with two attached hydrogens (primary N) is 1. The van der Waals surface area contributed by atoms with Crippen molar-refractivity contribution < 1.29 is 14.7 Å². The van der Waals surface area contributed by atoms with Gasteiger partial charge in [-0.3, -0.25) is 9.59 Å². The Labute approximate surface area is 82.9 Å². The van der Waals surface area contributed by atoms with Crippen molar-refractivity contribution in [1.29, 1.82) is 0 Å². The summed E-state index contributed by atoms with van der Waals surface area (Å²) in [5.74, 6) is -0.932. The lowest BCUT2D eigenvalue weighted by atomic mass is 10.1. The van der Waals surface area contributed by atoms with E-state index < -0.39 is 23.5 Å². The van der Waals surface area contributed by atoms with E-state index in [-0.39, 0.29) is 0 Å². The first kappa shape index (κ1) is 11.0. The number of aliphatic hydroxyl groups is 1. The van der Waals surface area contributed by atoms with Crippen molar-refractivity contribution in [1.82, 2.24) is 4.90 Å². The van der Waals surface area contributed by atoms with E-state index in [9.17, 15) is 14.7 Å². The van der Waals surface area contributed by atoms with Crippen LogP contribution >= 0.6 is 0 Å². The number of amides is 2. The van der Waals surface area contributed by atoms with Gasteiger partial charge in [0.25, 0.3) is 5.91 Å². The summed E-state index contributed by atoms with van der Waals surface area (Å²) >= 11 is 0. The molecule has 3 N–H and O–H groups in total. The van der Waals surface area contributed by atoms with E-state index in [4.69, 9.17) is 5.73 Å².